The number of nitrogens with zero attached hydrogens (tertiary/aromatic N) is 3. The van der Waals surface area contributed by atoms with E-state index in [4.69, 9.17) is 0 Å². The van der Waals surface area contributed by atoms with E-state index in [9.17, 15) is 14.5 Å². The minimum atomic E-state index is -1.61. The molecule has 1 aliphatic heterocycles. The van der Waals surface area contributed by atoms with Gasteiger partial charge >= 0.3 is 5.97 Å². The molecule has 0 radical (unpaired) electrons. The fourth-order valence-corrected chi connectivity index (χ4v) is 4.73. The number of carbonyl (C=O) groups is 1. The first-order valence-corrected chi connectivity index (χ1v) is 11.7. The minimum Gasteiger partial charge on any atom is -0.587 e. The molecule has 2 unspecified atom stereocenters. The van der Waals surface area contributed by atoms with Crippen molar-refractivity contribution in [2.24, 2.45) is 5.41 Å². The second-order valence-electron chi connectivity index (χ2n) is 8.32. The summed E-state index contributed by atoms with van der Waals surface area (Å²) in [5.41, 5.74) is 2.12. The fraction of sp³-hybridized carbons (Fsp3) is 0.292. The van der Waals surface area contributed by atoms with E-state index in [1.54, 1.807) is 25.1 Å². The first-order valence-electron chi connectivity index (χ1n) is 10.5. The number of carboxylic acid groups (broad SMARTS) is 1. The summed E-state index contributed by atoms with van der Waals surface area (Å²) in [4.78, 5) is 22.8. The molecule has 166 valence electrons. The summed E-state index contributed by atoms with van der Waals surface area (Å²) in [7, 11) is 0. The molecule has 3 heterocycles. The molecule has 0 saturated carbocycles. The van der Waals surface area contributed by atoms with E-state index >= 15 is 0 Å². The number of hydrogen-bond acceptors (Lipinski definition) is 6. The van der Waals surface area contributed by atoms with Gasteiger partial charge in [0.2, 0.25) is 0 Å². The van der Waals surface area contributed by atoms with E-state index in [0.29, 0.717) is 29.6 Å². The third-order valence-corrected chi connectivity index (χ3v) is 6.80. The third-order valence-electron chi connectivity index (χ3n) is 5.80. The summed E-state index contributed by atoms with van der Waals surface area (Å²) >= 11 is -1.61. The lowest BCUT2D eigenvalue weighted by Crippen LogP contribution is -2.46. The Kier molecular flexibility index (Phi) is 6.34. The van der Waals surface area contributed by atoms with Crippen LogP contribution in [0.3, 0.4) is 0 Å². The molecule has 2 atom stereocenters. The summed E-state index contributed by atoms with van der Waals surface area (Å²) in [6, 6.07) is 18.9. The molecule has 3 aromatic rings. The van der Waals surface area contributed by atoms with Crippen LogP contribution in [-0.2, 0) is 16.2 Å². The predicted molar refractivity (Wildman–Crippen MR) is 126 cm³/mol. The van der Waals surface area contributed by atoms with Crippen LogP contribution < -0.4 is 9.62 Å². The van der Waals surface area contributed by atoms with Crippen LogP contribution >= 0.6 is 0 Å². The zero-order chi connectivity index (χ0) is 22.7. The Morgan fingerprint density at radius 3 is 2.69 bits per heavy atom. The second-order valence-corrected chi connectivity index (χ2v) is 9.48. The van der Waals surface area contributed by atoms with E-state index in [-0.39, 0.29) is 0 Å². The van der Waals surface area contributed by atoms with Crippen molar-refractivity contribution in [3.8, 4) is 11.3 Å². The first-order chi connectivity index (χ1) is 15.4. The van der Waals surface area contributed by atoms with Gasteiger partial charge in [-0.1, -0.05) is 36.4 Å². The number of hydrogen-bond donors (Lipinski definition) is 2. The highest BCUT2D eigenvalue weighted by molar-refractivity contribution is 7.92. The van der Waals surface area contributed by atoms with Crippen LogP contribution in [0.2, 0.25) is 0 Å². The molecule has 1 aromatic carbocycles. The Labute approximate surface area is 190 Å². The summed E-state index contributed by atoms with van der Waals surface area (Å²) in [5, 5.41) is 9.95. The van der Waals surface area contributed by atoms with Crippen LogP contribution in [0.4, 0.5) is 11.6 Å². The van der Waals surface area contributed by atoms with Gasteiger partial charge in [0.15, 0.2) is 5.82 Å². The Morgan fingerprint density at radius 2 is 1.91 bits per heavy atom. The normalized spacial score (nSPS) is 19.4. The highest BCUT2D eigenvalue weighted by Gasteiger charge is 2.38. The summed E-state index contributed by atoms with van der Waals surface area (Å²) in [5.74, 6) is 0.322. The van der Waals surface area contributed by atoms with E-state index in [2.05, 4.69) is 14.7 Å². The minimum absolute atomic E-state index is 0.369. The smallest absolute Gasteiger partial charge is 0.311 e. The largest absolute Gasteiger partial charge is 0.587 e. The highest BCUT2D eigenvalue weighted by atomic mass is 32.2. The lowest BCUT2D eigenvalue weighted by Gasteiger charge is -2.38. The van der Waals surface area contributed by atoms with Crippen LogP contribution in [0.15, 0.2) is 65.7 Å². The summed E-state index contributed by atoms with van der Waals surface area (Å²) in [6.45, 7) is 4.89. The number of rotatable bonds is 6. The monoisotopic (exact) mass is 450 g/mol. The SMILES string of the molecule is Cc1ccccc1-c1cccc(N[S+]([O-])c2cccc(N3CCCC(C)(C(=O)O)C3)n2)n1. The molecule has 2 aromatic heterocycles. The number of benzene rings is 1. The molecule has 7 nitrogen and oxygen atoms in total. The van der Waals surface area contributed by atoms with E-state index in [1.807, 2.05) is 54.3 Å². The molecule has 2 N–H and O–H groups in total. The zero-order valence-electron chi connectivity index (χ0n) is 18.1. The molecule has 1 fully saturated rings. The van der Waals surface area contributed by atoms with Crippen molar-refractivity contribution in [2.45, 2.75) is 31.7 Å². The lowest BCUT2D eigenvalue weighted by molar-refractivity contribution is -0.148. The van der Waals surface area contributed by atoms with Gasteiger partial charge in [-0.25, -0.2) is 4.98 Å². The molecule has 0 amide bonds. The Bertz CT molecular complexity index is 1130. The van der Waals surface area contributed by atoms with Gasteiger partial charge in [-0.2, -0.15) is 9.71 Å². The predicted octanol–water partition coefficient (Wildman–Crippen LogP) is 4.28. The van der Waals surface area contributed by atoms with Gasteiger partial charge in [0.05, 0.1) is 11.1 Å². The average molecular weight is 451 g/mol. The van der Waals surface area contributed by atoms with Crippen LogP contribution in [0.1, 0.15) is 25.3 Å². The maximum atomic E-state index is 13.0. The summed E-state index contributed by atoms with van der Waals surface area (Å²) in [6.07, 6.45) is 1.40. The average Bonchev–Trinajstić information content (AvgIpc) is 2.79. The Morgan fingerprint density at radius 1 is 1.12 bits per heavy atom. The molecule has 8 heteroatoms. The molecular weight excluding hydrogens is 424 g/mol. The van der Waals surface area contributed by atoms with Crippen molar-refractivity contribution >= 4 is 29.0 Å². The van der Waals surface area contributed by atoms with Gasteiger partial charge in [0, 0.05) is 24.7 Å². The van der Waals surface area contributed by atoms with Crippen molar-refractivity contribution in [1.29, 1.82) is 0 Å². The molecular formula is C24H26N4O3S. The highest BCUT2D eigenvalue weighted by Crippen LogP contribution is 2.32. The number of anilines is 2. The number of aliphatic carboxylic acids is 1. The van der Waals surface area contributed by atoms with Gasteiger partial charge in [0.25, 0.3) is 5.03 Å². The van der Waals surface area contributed by atoms with Gasteiger partial charge in [0.1, 0.15) is 17.2 Å². The topological polar surface area (TPSA) is 101 Å². The maximum absolute atomic E-state index is 13.0. The van der Waals surface area contributed by atoms with Crippen LogP contribution in [-0.4, -0.2) is 38.7 Å². The van der Waals surface area contributed by atoms with E-state index in [0.717, 1.165) is 29.8 Å². The van der Waals surface area contributed by atoms with Crippen molar-refractivity contribution in [3.63, 3.8) is 0 Å². The molecule has 0 spiro atoms. The summed E-state index contributed by atoms with van der Waals surface area (Å²) < 4.78 is 15.9. The Hall–Kier alpha value is -3.10. The van der Waals surface area contributed by atoms with E-state index in [1.165, 1.54) is 0 Å². The van der Waals surface area contributed by atoms with Crippen molar-refractivity contribution < 1.29 is 14.5 Å². The standard InChI is InChI=1S/C24H26N4O3S/c1-17-8-3-4-9-18(17)19-10-5-11-20(25-19)27-32(31)22-13-6-12-21(26-22)28-15-7-14-24(2,16-28)23(29)30/h3-6,8-13H,7,14-16H2,1-2H3,(H,25,27)(H,29,30). The van der Waals surface area contributed by atoms with Crippen LogP contribution in [0.5, 0.6) is 0 Å². The molecule has 0 bridgehead atoms. The second kappa shape index (κ2) is 9.18. The van der Waals surface area contributed by atoms with Gasteiger partial charge < -0.3 is 14.6 Å². The number of pyridine rings is 2. The van der Waals surface area contributed by atoms with Crippen LogP contribution in [0, 0.1) is 12.3 Å². The molecule has 32 heavy (non-hydrogen) atoms. The van der Waals surface area contributed by atoms with Gasteiger partial charge in [-0.3, -0.25) is 4.79 Å². The van der Waals surface area contributed by atoms with E-state index < -0.39 is 22.7 Å². The number of nitrogens with one attached hydrogen (secondary N) is 1. The van der Waals surface area contributed by atoms with Crippen molar-refractivity contribution in [1.82, 2.24) is 9.97 Å². The molecule has 0 aliphatic carbocycles. The van der Waals surface area contributed by atoms with Crippen molar-refractivity contribution in [2.75, 3.05) is 22.7 Å². The lowest BCUT2D eigenvalue weighted by atomic mass is 9.82. The maximum Gasteiger partial charge on any atom is 0.311 e. The van der Waals surface area contributed by atoms with Gasteiger partial charge in [-0.15, -0.1) is 0 Å². The number of aromatic nitrogens is 2. The molecule has 1 aliphatic rings. The fourth-order valence-electron chi connectivity index (χ4n) is 3.94. The van der Waals surface area contributed by atoms with Crippen molar-refractivity contribution in [3.05, 3.63) is 66.2 Å². The molecule has 4 rings (SSSR count). The van der Waals surface area contributed by atoms with Gasteiger partial charge in [-0.05, 0) is 50.5 Å². The number of piperidine rings is 1. The third kappa shape index (κ3) is 4.71. The molecule has 1 saturated heterocycles. The zero-order valence-corrected chi connectivity index (χ0v) is 18.9. The quantitative estimate of drug-likeness (QED) is 0.541. The van der Waals surface area contributed by atoms with Crippen LogP contribution in [0.25, 0.3) is 11.3 Å². The number of carboxylic acids is 1. The first kappa shape index (κ1) is 22.1. The Balaban J connectivity index is 1.52. The number of aryl methyl sites for hydroxylation is 1.